The van der Waals surface area contributed by atoms with Crippen LogP contribution in [0, 0.1) is 11.8 Å². The Hall–Kier alpha value is -0.250. The van der Waals surface area contributed by atoms with Gasteiger partial charge in [0.25, 0.3) is 0 Å². The highest BCUT2D eigenvalue weighted by atomic mass is 79.9. The molecular weight excluding hydrogens is 328 g/mol. The van der Waals surface area contributed by atoms with Crippen LogP contribution in [0.4, 0.5) is 0 Å². The molecule has 1 aliphatic rings. The second-order valence-electron chi connectivity index (χ2n) is 5.47. The summed E-state index contributed by atoms with van der Waals surface area (Å²) in [5.41, 5.74) is 0.793. The average molecular weight is 348 g/mol. The zero-order valence-electron chi connectivity index (χ0n) is 11.3. The largest absolute Gasteiger partial charge is 0.495 e. The van der Waals surface area contributed by atoms with Gasteiger partial charge in [-0.25, -0.2) is 0 Å². The van der Waals surface area contributed by atoms with E-state index in [1.807, 2.05) is 6.07 Å². The molecule has 2 rings (SSSR count). The maximum atomic E-state index is 10.6. The van der Waals surface area contributed by atoms with Gasteiger partial charge in [0.05, 0.1) is 17.7 Å². The Morgan fingerprint density at radius 3 is 2.53 bits per heavy atom. The molecule has 0 aromatic heterocycles. The fourth-order valence-electron chi connectivity index (χ4n) is 2.87. The Morgan fingerprint density at radius 2 is 1.95 bits per heavy atom. The van der Waals surface area contributed by atoms with Gasteiger partial charge in [0.1, 0.15) is 5.75 Å². The number of aliphatic hydroxyl groups is 1. The number of rotatable bonds is 3. The quantitative estimate of drug-likeness (QED) is 0.836. The second kappa shape index (κ2) is 6.47. The summed E-state index contributed by atoms with van der Waals surface area (Å²) in [6.07, 6.45) is 4.00. The van der Waals surface area contributed by atoms with Gasteiger partial charge in [-0.05, 0) is 52.7 Å². The summed E-state index contributed by atoms with van der Waals surface area (Å²) in [5.74, 6) is 1.77. The third-order valence-electron chi connectivity index (χ3n) is 4.07. The molecule has 4 heteroatoms. The Kier molecular flexibility index (Phi) is 5.15. The SMILES string of the molecule is COc1c(Br)cc(Cl)cc1C(O)C1CCC(C)CC1. The summed E-state index contributed by atoms with van der Waals surface area (Å²) < 4.78 is 6.19. The molecule has 2 nitrogen and oxygen atoms in total. The van der Waals surface area contributed by atoms with Crippen LogP contribution in [0.2, 0.25) is 5.02 Å². The van der Waals surface area contributed by atoms with Crippen molar-refractivity contribution in [2.45, 2.75) is 38.7 Å². The van der Waals surface area contributed by atoms with Gasteiger partial charge in [0.15, 0.2) is 0 Å². The molecule has 1 aromatic carbocycles. The number of methoxy groups -OCH3 is 1. The summed E-state index contributed by atoms with van der Waals surface area (Å²) in [6.45, 7) is 2.28. The van der Waals surface area contributed by atoms with E-state index in [0.29, 0.717) is 16.7 Å². The van der Waals surface area contributed by atoms with Crippen molar-refractivity contribution in [2.24, 2.45) is 11.8 Å². The summed E-state index contributed by atoms with van der Waals surface area (Å²) in [6, 6.07) is 3.60. The molecule has 0 amide bonds. The predicted octanol–water partition coefficient (Wildman–Crippen LogP) is 4.97. The maximum Gasteiger partial charge on any atom is 0.138 e. The molecule has 0 heterocycles. The van der Waals surface area contributed by atoms with Crippen LogP contribution >= 0.6 is 27.5 Å². The van der Waals surface area contributed by atoms with Gasteiger partial charge in [0.2, 0.25) is 0 Å². The van der Waals surface area contributed by atoms with Crippen molar-refractivity contribution >= 4 is 27.5 Å². The van der Waals surface area contributed by atoms with Crippen LogP contribution in [0.25, 0.3) is 0 Å². The van der Waals surface area contributed by atoms with Gasteiger partial charge < -0.3 is 9.84 Å². The fraction of sp³-hybridized carbons (Fsp3) is 0.600. The van der Waals surface area contributed by atoms with Crippen molar-refractivity contribution in [1.82, 2.24) is 0 Å². The number of halogens is 2. The molecule has 1 fully saturated rings. The summed E-state index contributed by atoms with van der Waals surface area (Å²) >= 11 is 9.53. The molecule has 1 saturated carbocycles. The smallest absolute Gasteiger partial charge is 0.138 e. The van der Waals surface area contributed by atoms with Gasteiger partial charge in [-0.15, -0.1) is 0 Å². The first-order valence-corrected chi connectivity index (χ1v) is 7.91. The minimum Gasteiger partial charge on any atom is -0.495 e. The summed E-state index contributed by atoms with van der Waals surface area (Å²) in [5, 5.41) is 11.2. The molecule has 1 N–H and O–H groups in total. The van der Waals surface area contributed by atoms with Gasteiger partial charge in [0, 0.05) is 10.6 Å². The third kappa shape index (κ3) is 3.45. The topological polar surface area (TPSA) is 29.5 Å². The van der Waals surface area contributed by atoms with E-state index in [-0.39, 0.29) is 0 Å². The van der Waals surface area contributed by atoms with E-state index >= 15 is 0 Å². The number of aliphatic hydroxyl groups excluding tert-OH is 1. The lowest BCUT2D eigenvalue weighted by Gasteiger charge is -2.30. The van der Waals surface area contributed by atoms with E-state index in [1.54, 1.807) is 13.2 Å². The fourth-order valence-corrected chi connectivity index (χ4v) is 3.87. The molecule has 0 saturated heterocycles. The van der Waals surface area contributed by atoms with Gasteiger partial charge in [-0.2, -0.15) is 0 Å². The minimum absolute atomic E-state index is 0.301. The highest BCUT2D eigenvalue weighted by molar-refractivity contribution is 9.10. The van der Waals surface area contributed by atoms with Crippen molar-refractivity contribution < 1.29 is 9.84 Å². The highest BCUT2D eigenvalue weighted by Gasteiger charge is 2.28. The maximum absolute atomic E-state index is 10.6. The Bertz CT molecular complexity index is 442. The van der Waals surface area contributed by atoms with Crippen LogP contribution in [0.15, 0.2) is 16.6 Å². The van der Waals surface area contributed by atoms with Crippen molar-refractivity contribution in [3.05, 3.63) is 27.2 Å². The zero-order valence-corrected chi connectivity index (χ0v) is 13.7. The molecule has 19 heavy (non-hydrogen) atoms. The van der Waals surface area contributed by atoms with Crippen LogP contribution < -0.4 is 4.74 Å². The molecule has 0 radical (unpaired) electrons. The molecule has 1 aliphatic carbocycles. The van der Waals surface area contributed by atoms with Crippen molar-refractivity contribution in [1.29, 1.82) is 0 Å². The number of benzene rings is 1. The normalized spacial score (nSPS) is 25.1. The average Bonchev–Trinajstić information content (AvgIpc) is 2.38. The predicted molar refractivity (Wildman–Crippen MR) is 81.8 cm³/mol. The Morgan fingerprint density at radius 1 is 1.32 bits per heavy atom. The Balaban J connectivity index is 2.25. The molecule has 0 bridgehead atoms. The standard InChI is InChI=1S/C15H20BrClO2/c1-9-3-5-10(6-4-9)14(18)12-7-11(17)8-13(16)15(12)19-2/h7-10,14,18H,3-6H2,1-2H3. The van der Waals surface area contributed by atoms with Crippen LogP contribution in [0.1, 0.15) is 44.3 Å². The summed E-state index contributed by atoms with van der Waals surface area (Å²) in [7, 11) is 1.62. The molecule has 1 aromatic rings. The van der Waals surface area contributed by atoms with Crippen molar-refractivity contribution in [3.63, 3.8) is 0 Å². The highest BCUT2D eigenvalue weighted by Crippen LogP contribution is 2.42. The van der Waals surface area contributed by atoms with Crippen LogP contribution in [-0.4, -0.2) is 12.2 Å². The lowest BCUT2D eigenvalue weighted by atomic mass is 9.78. The summed E-state index contributed by atoms with van der Waals surface area (Å²) in [4.78, 5) is 0. The van der Waals surface area contributed by atoms with E-state index in [0.717, 1.165) is 28.8 Å². The van der Waals surface area contributed by atoms with Crippen molar-refractivity contribution in [2.75, 3.05) is 7.11 Å². The van der Waals surface area contributed by atoms with Crippen LogP contribution in [0.5, 0.6) is 5.75 Å². The van der Waals surface area contributed by atoms with Gasteiger partial charge >= 0.3 is 0 Å². The van der Waals surface area contributed by atoms with Gasteiger partial charge in [-0.3, -0.25) is 0 Å². The first kappa shape index (κ1) is 15.1. The first-order valence-electron chi connectivity index (χ1n) is 6.74. The monoisotopic (exact) mass is 346 g/mol. The first-order chi connectivity index (χ1) is 9.02. The lowest BCUT2D eigenvalue weighted by Crippen LogP contribution is -2.19. The van der Waals surface area contributed by atoms with E-state index < -0.39 is 6.10 Å². The number of ether oxygens (including phenoxy) is 1. The molecule has 1 unspecified atom stereocenters. The molecule has 0 spiro atoms. The zero-order chi connectivity index (χ0) is 14.0. The van der Waals surface area contributed by atoms with E-state index in [9.17, 15) is 5.11 Å². The molecule has 1 atom stereocenters. The second-order valence-corrected chi connectivity index (χ2v) is 6.77. The third-order valence-corrected chi connectivity index (χ3v) is 4.87. The molecule has 0 aliphatic heterocycles. The Labute approximate surface area is 128 Å². The van der Waals surface area contributed by atoms with E-state index in [4.69, 9.17) is 16.3 Å². The minimum atomic E-state index is -0.502. The van der Waals surface area contributed by atoms with Crippen LogP contribution in [0.3, 0.4) is 0 Å². The number of hydrogen-bond donors (Lipinski definition) is 1. The van der Waals surface area contributed by atoms with E-state index in [2.05, 4.69) is 22.9 Å². The van der Waals surface area contributed by atoms with Gasteiger partial charge in [-0.1, -0.05) is 31.4 Å². The number of hydrogen-bond acceptors (Lipinski definition) is 2. The van der Waals surface area contributed by atoms with E-state index in [1.165, 1.54) is 12.8 Å². The lowest BCUT2D eigenvalue weighted by molar-refractivity contribution is 0.0733. The van der Waals surface area contributed by atoms with Crippen LogP contribution in [-0.2, 0) is 0 Å². The molecule has 106 valence electrons. The molecular formula is C15H20BrClO2. The van der Waals surface area contributed by atoms with Crippen molar-refractivity contribution in [3.8, 4) is 5.75 Å².